The van der Waals surface area contributed by atoms with Crippen LogP contribution in [-0.2, 0) is 11.8 Å². The molecule has 5 nitrogen and oxygen atoms in total. The summed E-state index contributed by atoms with van der Waals surface area (Å²) in [4.78, 5) is 11.4. The van der Waals surface area contributed by atoms with E-state index in [4.69, 9.17) is 0 Å². The van der Waals surface area contributed by atoms with Crippen molar-refractivity contribution in [2.24, 2.45) is 7.05 Å². The van der Waals surface area contributed by atoms with Gasteiger partial charge >= 0.3 is 0 Å². The molecule has 78 valence electrons. The summed E-state index contributed by atoms with van der Waals surface area (Å²) < 4.78 is 1.69. The highest BCUT2D eigenvalue weighted by molar-refractivity contribution is 5.83. The van der Waals surface area contributed by atoms with Gasteiger partial charge in [-0.15, -0.1) is 0 Å². The van der Waals surface area contributed by atoms with Gasteiger partial charge in [0, 0.05) is 19.8 Å². The molecule has 0 saturated heterocycles. The van der Waals surface area contributed by atoms with E-state index in [-0.39, 0.29) is 11.9 Å². The van der Waals surface area contributed by atoms with Gasteiger partial charge in [-0.2, -0.15) is 5.10 Å². The summed E-state index contributed by atoms with van der Waals surface area (Å²) in [5.41, 5.74) is 0.853. The van der Waals surface area contributed by atoms with Crippen molar-refractivity contribution in [2.75, 3.05) is 11.9 Å². The predicted molar refractivity (Wildman–Crippen MR) is 55.0 cm³/mol. The zero-order chi connectivity index (χ0) is 10.6. The van der Waals surface area contributed by atoms with Crippen molar-refractivity contribution >= 4 is 11.6 Å². The van der Waals surface area contributed by atoms with Crippen molar-refractivity contribution in [3.8, 4) is 0 Å². The second-order valence-electron chi connectivity index (χ2n) is 3.16. The van der Waals surface area contributed by atoms with Gasteiger partial charge in [-0.05, 0) is 13.8 Å². The van der Waals surface area contributed by atoms with Crippen LogP contribution >= 0.6 is 0 Å². The minimum absolute atomic E-state index is 0.00338. The Morgan fingerprint density at radius 3 is 2.93 bits per heavy atom. The largest absolute Gasteiger partial charge is 0.371 e. The molecule has 5 heteroatoms. The van der Waals surface area contributed by atoms with Gasteiger partial charge < -0.3 is 10.6 Å². The van der Waals surface area contributed by atoms with Crippen LogP contribution < -0.4 is 10.6 Å². The number of likely N-dealkylation sites (N-methyl/N-ethyl adjacent to an activating group) is 1. The lowest BCUT2D eigenvalue weighted by Gasteiger charge is -2.12. The fourth-order valence-corrected chi connectivity index (χ4v) is 1.14. The van der Waals surface area contributed by atoms with E-state index in [1.165, 1.54) is 0 Å². The number of aryl methyl sites for hydroxylation is 1. The zero-order valence-corrected chi connectivity index (χ0v) is 8.74. The molecule has 1 amide bonds. The molecule has 1 heterocycles. The van der Waals surface area contributed by atoms with Crippen molar-refractivity contribution in [1.82, 2.24) is 15.1 Å². The average molecular weight is 196 g/mol. The molecule has 0 spiro atoms. The normalized spacial score (nSPS) is 12.2. The van der Waals surface area contributed by atoms with E-state index in [2.05, 4.69) is 15.7 Å². The Kier molecular flexibility index (Phi) is 3.50. The Bertz CT molecular complexity index is 308. The average Bonchev–Trinajstić information content (AvgIpc) is 2.51. The zero-order valence-electron chi connectivity index (χ0n) is 8.74. The number of anilines is 1. The third-order valence-electron chi connectivity index (χ3n) is 1.83. The van der Waals surface area contributed by atoms with Crippen molar-refractivity contribution in [2.45, 2.75) is 19.9 Å². The summed E-state index contributed by atoms with van der Waals surface area (Å²) in [6, 6.07) is -0.237. The molecule has 0 aliphatic carbocycles. The fraction of sp³-hybridized carbons (Fsp3) is 0.556. The molecule has 1 unspecified atom stereocenters. The number of nitrogens with one attached hydrogen (secondary N) is 2. The minimum atomic E-state index is -0.237. The first-order chi connectivity index (χ1) is 6.63. The number of nitrogens with zero attached hydrogens (tertiary/aromatic N) is 2. The molecular weight excluding hydrogens is 180 g/mol. The van der Waals surface area contributed by atoms with Crippen LogP contribution in [0.25, 0.3) is 0 Å². The van der Waals surface area contributed by atoms with Gasteiger partial charge in [0.05, 0.1) is 11.9 Å². The summed E-state index contributed by atoms with van der Waals surface area (Å²) in [6.07, 6.45) is 3.52. The van der Waals surface area contributed by atoms with Crippen LogP contribution in [0.15, 0.2) is 12.4 Å². The molecule has 1 aromatic rings. The highest BCUT2D eigenvalue weighted by Gasteiger charge is 2.11. The van der Waals surface area contributed by atoms with Gasteiger partial charge in [-0.1, -0.05) is 0 Å². The van der Waals surface area contributed by atoms with Crippen molar-refractivity contribution in [1.29, 1.82) is 0 Å². The van der Waals surface area contributed by atoms with E-state index < -0.39 is 0 Å². The van der Waals surface area contributed by atoms with Crippen molar-refractivity contribution < 1.29 is 4.79 Å². The molecule has 1 rings (SSSR count). The van der Waals surface area contributed by atoms with E-state index in [9.17, 15) is 4.79 Å². The molecule has 2 N–H and O–H groups in total. The van der Waals surface area contributed by atoms with Crippen LogP contribution in [0.3, 0.4) is 0 Å². The second-order valence-corrected chi connectivity index (χ2v) is 3.16. The lowest BCUT2D eigenvalue weighted by atomic mass is 10.3. The number of amides is 1. The molecule has 0 bridgehead atoms. The van der Waals surface area contributed by atoms with E-state index in [0.29, 0.717) is 6.54 Å². The first-order valence-corrected chi connectivity index (χ1v) is 4.66. The molecule has 0 aromatic carbocycles. The number of carbonyl (C=O) groups excluding carboxylic acids is 1. The van der Waals surface area contributed by atoms with Crippen molar-refractivity contribution in [3.63, 3.8) is 0 Å². The third-order valence-corrected chi connectivity index (χ3v) is 1.83. The highest BCUT2D eigenvalue weighted by Crippen LogP contribution is 2.05. The third kappa shape index (κ3) is 2.76. The monoisotopic (exact) mass is 196 g/mol. The quantitative estimate of drug-likeness (QED) is 0.731. The molecule has 0 radical (unpaired) electrons. The number of rotatable bonds is 4. The van der Waals surface area contributed by atoms with Gasteiger partial charge in [0.25, 0.3) is 0 Å². The van der Waals surface area contributed by atoms with Gasteiger partial charge in [0.1, 0.15) is 6.04 Å². The smallest absolute Gasteiger partial charge is 0.242 e. The number of hydrogen-bond donors (Lipinski definition) is 2. The molecule has 1 atom stereocenters. The van der Waals surface area contributed by atoms with Gasteiger partial charge in [0.15, 0.2) is 0 Å². The molecule has 0 aliphatic heterocycles. The Hall–Kier alpha value is -1.52. The maximum Gasteiger partial charge on any atom is 0.242 e. The van der Waals surface area contributed by atoms with Gasteiger partial charge in [-0.25, -0.2) is 0 Å². The van der Waals surface area contributed by atoms with E-state index in [1.54, 1.807) is 10.9 Å². The fourth-order valence-electron chi connectivity index (χ4n) is 1.14. The number of carbonyl (C=O) groups is 1. The lowest BCUT2D eigenvalue weighted by molar-refractivity contribution is -0.121. The predicted octanol–water partition coefficient (Wildman–Crippen LogP) is 0.357. The van der Waals surface area contributed by atoms with E-state index in [0.717, 1.165) is 5.69 Å². The summed E-state index contributed by atoms with van der Waals surface area (Å²) in [6.45, 7) is 4.37. The maximum absolute atomic E-state index is 11.4. The first-order valence-electron chi connectivity index (χ1n) is 4.66. The van der Waals surface area contributed by atoms with Gasteiger partial charge in [-0.3, -0.25) is 9.48 Å². The van der Waals surface area contributed by atoms with Crippen LogP contribution in [0.4, 0.5) is 5.69 Å². The van der Waals surface area contributed by atoms with Crippen LogP contribution in [-0.4, -0.2) is 28.3 Å². The maximum atomic E-state index is 11.4. The van der Waals surface area contributed by atoms with Crippen LogP contribution in [0.2, 0.25) is 0 Å². The molecular formula is C9H16N4O. The van der Waals surface area contributed by atoms with Crippen molar-refractivity contribution in [3.05, 3.63) is 12.4 Å². The molecule has 0 fully saturated rings. The Balaban J connectivity index is 2.48. The van der Waals surface area contributed by atoms with Crippen LogP contribution in [0.5, 0.6) is 0 Å². The summed E-state index contributed by atoms with van der Waals surface area (Å²) >= 11 is 0. The topological polar surface area (TPSA) is 59.0 Å². The second kappa shape index (κ2) is 4.64. The van der Waals surface area contributed by atoms with Gasteiger partial charge in [0.2, 0.25) is 5.91 Å². The van der Waals surface area contributed by atoms with E-state index >= 15 is 0 Å². The number of aromatic nitrogens is 2. The Morgan fingerprint density at radius 2 is 2.43 bits per heavy atom. The van der Waals surface area contributed by atoms with Crippen LogP contribution in [0, 0.1) is 0 Å². The summed E-state index contributed by atoms with van der Waals surface area (Å²) in [5, 5.41) is 9.79. The SMILES string of the molecule is CCNC(=O)C(C)Nc1cnn(C)c1. The highest BCUT2D eigenvalue weighted by atomic mass is 16.2. The standard InChI is InChI=1S/C9H16N4O/c1-4-10-9(14)7(2)12-8-5-11-13(3)6-8/h5-7,12H,4H2,1-3H3,(H,10,14). The minimum Gasteiger partial charge on any atom is -0.371 e. The number of hydrogen-bond acceptors (Lipinski definition) is 3. The molecule has 0 saturated carbocycles. The lowest BCUT2D eigenvalue weighted by Crippen LogP contribution is -2.37. The molecule has 14 heavy (non-hydrogen) atoms. The Labute approximate surface area is 83.5 Å². The molecule has 1 aromatic heterocycles. The summed E-state index contributed by atoms with van der Waals surface area (Å²) in [7, 11) is 1.84. The first kappa shape index (κ1) is 10.6. The van der Waals surface area contributed by atoms with E-state index in [1.807, 2.05) is 27.1 Å². The Morgan fingerprint density at radius 1 is 1.71 bits per heavy atom. The molecule has 0 aliphatic rings. The van der Waals surface area contributed by atoms with Crippen LogP contribution in [0.1, 0.15) is 13.8 Å². The summed E-state index contributed by atoms with van der Waals surface area (Å²) in [5.74, 6) is -0.00338.